The lowest BCUT2D eigenvalue weighted by Gasteiger charge is -2.34. The highest BCUT2D eigenvalue weighted by molar-refractivity contribution is 5.55. The Balaban J connectivity index is 2.13. The summed E-state index contributed by atoms with van der Waals surface area (Å²) < 4.78 is 13.6. The first kappa shape index (κ1) is 16.2. The summed E-state index contributed by atoms with van der Waals surface area (Å²) in [5.41, 5.74) is 1.97. The monoisotopic (exact) mass is 296 g/mol. The molecule has 4 nitrogen and oxygen atoms in total. The lowest BCUT2D eigenvalue weighted by molar-refractivity contribution is 0.145. The lowest BCUT2D eigenvalue weighted by atomic mass is 10.0. The average molecular weight is 296 g/mol. The van der Waals surface area contributed by atoms with Crippen molar-refractivity contribution in [2.75, 3.05) is 31.1 Å². The van der Waals surface area contributed by atoms with Crippen LogP contribution >= 0.6 is 0 Å². The van der Waals surface area contributed by atoms with Gasteiger partial charge in [-0.15, -0.1) is 0 Å². The van der Waals surface area contributed by atoms with Gasteiger partial charge in [-0.2, -0.15) is 0 Å². The molecule has 1 unspecified atom stereocenters. The second-order valence-corrected chi connectivity index (χ2v) is 5.67. The van der Waals surface area contributed by atoms with Gasteiger partial charge < -0.3 is 20.4 Å². The third-order valence-electron chi connectivity index (χ3n) is 4.05. The maximum Gasteiger partial charge on any atom is 0.123 e. The Labute approximate surface area is 125 Å². The highest BCUT2D eigenvalue weighted by Crippen LogP contribution is 2.29. The SMILES string of the molecule is CC(NCCCO)c1cc(F)ccc1N1CCC(O)CC1. The fourth-order valence-corrected chi connectivity index (χ4v) is 2.77. The minimum atomic E-state index is -0.235. The normalized spacial score (nSPS) is 18.0. The van der Waals surface area contributed by atoms with Crippen LogP contribution in [0.3, 0.4) is 0 Å². The summed E-state index contributed by atoms with van der Waals surface area (Å²) in [7, 11) is 0. The van der Waals surface area contributed by atoms with Gasteiger partial charge in [0.25, 0.3) is 0 Å². The van der Waals surface area contributed by atoms with Crippen LogP contribution in [0, 0.1) is 5.82 Å². The molecule has 1 aliphatic rings. The van der Waals surface area contributed by atoms with E-state index in [0.29, 0.717) is 13.0 Å². The second kappa shape index (κ2) is 7.73. The molecule has 5 heteroatoms. The zero-order chi connectivity index (χ0) is 15.2. The van der Waals surface area contributed by atoms with E-state index in [4.69, 9.17) is 5.11 Å². The quantitative estimate of drug-likeness (QED) is 0.701. The molecule has 21 heavy (non-hydrogen) atoms. The molecular weight excluding hydrogens is 271 g/mol. The van der Waals surface area contributed by atoms with E-state index in [-0.39, 0.29) is 24.6 Å². The molecule has 0 bridgehead atoms. The van der Waals surface area contributed by atoms with Crippen LogP contribution in [-0.2, 0) is 0 Å². The van der Waals surface area contributed by atoms with Crippen LogP contribution in [0.1, 0.15) is 37.8 Å². The molecule has 0 spiro atoms. The number of halogens is 1. The van der Waals surface area contributed by atoms with Crippen molar-refractivity contribution in [2.45, 2.75) is 38.3 Å². The number of piperidine rings is 1. The number of nitrogens with zero attached hydrogens (tertiary/aromatic N) is 1. The number of nitrogens with one attached hydrogen (secondary N) is 1. The minimum absolute atomic E-state index is 0.0223. The zero-order valence-corrected chi connectivity index (χ0v) is 12.6. The van der Waals surface area contributed by atoms with Crippen molar-refractivity contribution >= 4 is 5.69 Å². The molecule has 2 rings (SSSR count). The van der Waals surface area contributed by atoms with Gasteiger partial charge >= 0.3 is 0 Å². The maximum atomic E-state index is 13.6. The topological polar surface area (TPSA) is 55.7 Å². The van der Waals surface area contributed by atoms with Crippen molar-refractivity contribution in [1.82, 2.24) is 5.32 Å². The molecule has 0 saturated carbocycles. The summed E-state index contributed by atoms with van der Waals surface area (Å²) >= 11 is 0. The number of anilines is 1. The van der Waals surface area contributed by atoms with Gasteiger partial charge in [0, 0.05) is 31.4 Å². The molecule has 1 aliphatic heterocycles. The second-order valence-electron chi connectivity index (χ2n) is 5.67. The predicted molar refractivity (Wildman–Crippen MR) is 82.0 cm³/mol. The van der Waals surface area contributed by atoms with Crippen molar-refractivity contribution in [2.24, 2.45) is 0 Å². The molecule has 1 aromatic rings. The van der Waals surface area contributed by atoms with E-state index in [9.17, 15) is 9.50 Å². The third kappa shape index (κ3) is 4.40. The van der Waals surface area contributed by atoms with Gasteiger partial charge in [0.1, 0.15) is 5.82 Å². The third-order valence-corrected chi connectivity index (χ3v) is 4.05. The Morgan fingerprint density at radius 2 is 2.10 bits per heavy atom. The van der Waals surface area contributed by atoms with Crippen LogP contribution in [0.25, 0.3) is 0 Å². The van der Waals surface area contributed by atoms with Gasteiger partial charge in [0.15, 0.2) is 0 Å². The van der Waals surface area contributed by atoms with Crippen LogP contribution in [0.15, 0.2) is 18.2 Å². The highest BCUT2D eigenvalue weighted by Gasteiger charge is 2.21. The molecule has 0 radical (unpaired) electrons. The molecule has 0 aliphatic carbocycles. The Morgan fingerprint density at radius 3 is 2.76 bits per heavy atom. The number of rotatable bonds is 6. The molecule has 118 valence electrons. The van der Waals surface area contributed by atoms with E-state index in [1.54, 1.807) is 6.07 Å². The Hall–Kier alpha value is -1.17. The lowest BCUT2D eigenvalue weighted by Crippen LogP contribution is -2.37. The molecule has 1 atom stereocenters. The van der Waals surface area contributed by atoms with Crippen LogP contribution < -0.4 is 10.2 Å². The van der Waals surface area contributed by atoms with Crippen molar-refractivity contribution in [3.63, 3.8) is 0 Å². The standard InChI is InChI=1S/C16H25FN2O2/c1-12(18-7-2-10-20)15-11-13(17)3-4-16(15)19-8-5-14(21)6-9-19/h3-4,11-12,14,18,20-21H,2,5-10H2,1H3. The van der Waals surface area contributed by atoms with Gasteiger partial charge in [-0.3, -0.25) is 0 Å². The van der Waals surface area contributed by atoms with Gasteiger partial charge in [-0.05, 0) is 56.5 Å². The number of benzene rings is 1. The van der Waals surface area contributed by atoms with Gasteiger partial charge in [0.2, 0.25) is 0 Å². The number of aliphatic hydroxyl groups excluding tert-OH is 2. The highest BCUT2D eigenvalue weighted by atomic mass is 19.1. The smallest absolute Gasteiger partial charge is 0.123 e. The van der Waals surface area contributed by atoms with Crippen LogP contribution in [-0.4, -0.2) is 42.6 Å². The Kier molecular flexibility index (Phi) is 5.96. The molecule has 1 saturated heterocycles. The fourth-order valence-electron chi connectivity index (χ4n) is 2.77. The molecule has 0 aromatic heterocycles. The molecule has 1 fully saturated rings. The van der Waals surface area contributed by atoms with E-state index in [2.05, 4.69) is 10.2 Å². The predicted octanol–water partition coefficient (Wildman–Crippen LogP) is 1.82. The van der Waals surface area contributed by atoms with Crippen LogP contribution in [0.2, 0.25) is 0 Å². The molecule has 3 N–H and O–H groups in total. The van der Waals surface area contributed by atoms with Crippen molar-refractivity contribution in [3.05, 3.63) is 29.6 Å². The number of hydrogen-bond donors (Lipinski definition) is 3. The summed E-state index contributed by atoms with van der Waals surface area (Å²) in [5.74, 6) is -0.235. The van der Waals surface area contributed by atoms with E-state index in [0.717, 1.165) is 37.2 Å². The first-order valence-electron chi connectivity index (χ1n) is 7.68. The first-order valence-corrected chi connectivity index (χ1v) is 7.68. The van der Waals surface area contributed by atoms with Crippen LogP contribution in [0.5, 0.6) is 0 Å². The summed E-state index contributed by atoms with van der Waals surface area (Å²) in [6.45, 7) is 4.45. The Bertz CT molecular complexity index is 448. The number of aliphatic hydroxyl groups is 2. The average Bonchev–Trinajstić information content (AvgIpc) is 2.48. The van der Waals surface area contributed by atoms with E-state index in [1.807, 2.05) is 13.0 Å². The summed E-state index contributed by atoms with van der Waals surface area (Å²) in [5, 5.41) is 21.8. The van der Waals surface area contributed by atoms with Gasteiger partial charge in [0.05, 0.1) is 6.10 Å². The van der Waals surface area contributed by atoms with Gasteiger partial charge in [-0.1, -0.05) is 0 Å². The van der Waals surface area contributed by atoms with Gasteiger partial charge in [-0.25, -0.2) is 4.39 Å². The summed E-state index contributed by atoms with van der Waals surface area (Å²) in [6, 6.07) is 4.92. The number of hydrogen-bond acceptors (Lipinski definition) is 4. The Morgan fingerprint density at radius 1 is 1.38 bits per heavy atom. The summed E-state index contributed by atoms with van der Waals surface area (Å²) in [4.78, 5) is 2.21. The molecule has 1 heterocycles. The molecular formula is C16H25FN2O2. The largest absolute Gasteiger partial charge is 0.396 e. The molecule has 0 amide bonds. The van der Waals surface area contributed by atoms with E-state index < -0.39 is 0 Å². The van der Waals surface area contributed by atoms with E-state index in [1.165, 1.54) is 6.07 Å². The zero-order valence-electron chi connectivity index (χ0n) is 12.6. The van der Waals surface area contributed by atoms with Crippen molar-refractivity contribution < 1.29 is 14.6 Å². The fraction of sp³-hybridized carbons (Fsp3) is 0.625. The molecule has 1 aromatic carbocycles. The van der Waals surface area contributed by atoms with Crippen molar-refractivity contribution in [3.8, 4) is 0 Å². The van der Waals surface area contributed by atoms with E-state index >= 15 is 0 Å². The van der Waals surface area contributed by atoms with Crippen molar-refractivity contribution in [1.29, 1.82) is 0 Å². The van der Waals surface area contributed by atoms with Crippen LogP contribution in [0.4, 0.5) is 10.1 Å². The minimum Gasteiger partial charge on any atom is -0.396 e. The first-order chi connectivity index (χ1) is 10.1. The maximum absolute atomic E-state index is 13.6. The summed E-state index contributed by atoms with van der Waals surface area (Å²) in [6.07, 6.45) is 1.97.